The smallest absolute Gasteiger partial charge is 0.410 e. The number of hydrogen-bond acceptors (Lipinski definition) is 6. The van der Waals surface area contributed by atoms with Crippen molar-refractivity contribution in [1.29, 1.82) is 0 Å². The molecule has 3 atom stereocenters. The van der Waals surface area contributed by atoms with Crippen LogP contribution in [0.2, 0.25) is 0 Å². The fourth-order valence-electron chi connectivity index (χ4n) is 4.22. The van der Waals surface area contributed by atoms with Crippen LogP contribution in [0, 0.1) is 0 Å². The molecule has 0 bridgehead atoms. The summed E-state index contributed by atoms with van der Waals surface area (Å²) in [6.07, 6.45) is 1.06. The molecule has 3 amide bonds. The first-order chi connectivity index (χ1) is 17.8. The van der Waals surface area contributed by atoms with E-state index in [1.807, 2.05) is 60.7 Å². The van der Waals surface area contributed by atoms with Gasteiger partial charge in [0.05, 0.1) is 7.11 Å². The van der Waals surface area contributed by atoms with Gasteiger partial charge in [-0.3, -0.25) is 14.5 Å². The van der Waals surface area contributed by atoms with E-state index in [0.717, 1.165) is 11.1 Å². The standard InChI is InChI=1S/C28H35N3O6/c1-4-28(2,26(34)29-22(25(33)36-3)18-20-12-7-5-8-13-20)30-24(32)23-16-11-17-31(23)27(35)37-19-21-14-9-6-10-15-21/h5-10,12-15,22-23H,4,11,16-19H2,1-3H3,(H,29,34)(H,30,32)/t22-,23+,28-/m0/s1. The van der Waals surface area contributed by atoms with E-state index in [1.165, 1.54) is 12.0 Å². The Morgan fingerprint density at radius 3 is 2.24 bits per heavy atom. The Morgan fingerprint density at radius 1 is 1.03 bits per heavy atom. The van der Waals surface area contributed by atoms with Crippen LogP contribution in [0.5, 0.6) is 0 Å². The molecule has 0 radical (unpaired) electrons. The van der Waals surface area contributed by atoms with Crippen LogP contribution >= 0.6 is 0 Å². The molecule has 9 nitrogen and oxygen atoms in total. The Hall–Kier alpha value is -3.88. The molecule has 2 aromatic carbocycles. The van der Waals surface area contributed by atoms with Gasteiger partial charge in [0, 0.05) is 13.0 Å². The summed E-state index contributed by atoms with van der Waals surface area (Å²) >= 11 is 0. The normalized spacial score (nSPS) is 17.3. The lowest BCUT2D eigenvalue weighted by molar-refractivity contribution is -0.146. The summed E-state index contributed by atoms with van der Waals surface area (Å²) in [4.78, 5) is 53.1. The third-order valence-corrected chi connectivity index (χ3v) is 6.68. The molecule has 1 fully saturated rings. The molecule has 1 aliphatic heterocycles. The maximum absolute atomic E-state index is 13.3. The quantitative estimate of drug-likeness (QED) is 0.476. The van der Waals surface area contributed by atoms with Crippen molar-refractivity contribution in [3.63, 3.8) is 0 Å². The van der Waals surface area contributed by atoms with Crippen LogP contribution in [0.4, 0.5) is 4.79 Å². The van der Waals surface area contributed by atoms with Gasteiger partial charge in [0.25, 0.3) is 0 Å². The van der Waals surface area contributed by atoms with Crippen molar-refractivity contribution < 1.29 is 28.7 Å². The number of nitrogens with zero attached hydrogens (tertiary/aromatic N) is 1. The number of benzene rings is 2. The van der Waals surface area contributed by atoms with Gasteiger partial charge in [0.15, 0.2) is 0 Å². The van der Waals surface area contributed by atoms with Gasteiger partial charge in [0.1, 0.15) is 24.2 Å². The van der Waals surface area contributed by atoms with Gasteiger partial charge in [-0.2, -0.15) is 0 Å². The largest absolute Gasteiger partial charge is 0.467 e. The number of nitrogens with one attached hydrogen (secondary N) is 2. The van der Waals surface area contributed by atoms with Crippen molar-refractivity contribution >= 4 is 23.9 Å². The van der Waals surface area contributed by atoms with Gasteiger partial charge in [-0.25, -0.2) is 9.59 Å². The lowest BCUT2D eigenvalue weighted by Crippen LogP contribution is -2.62. The van der Waals surface area contributed by atoms with Gasteiger partial charge < -0.3 is 20.1 Å². The fraction of sp³-hybridized carbons (Fsp3) is 0.429. The summed E-state index contributed by atoms with van der Waals surface area (Å²) in [5.41, 5.74) is 0.403. The molecule has 2 N–H and O–H groups in total. The van der Waals surface area contributed by atoms with Crippen LogP contribution in [0.25, 0.3) is 0 Å². The third kappa shape index (κ3) is 7.31. The van der Waals surface area contributed by atoms with E-state index in [4.69, 9.17) is 9.47 Å². The highest BCUT2D eigenvalue weighted by Crippen LogP contribution is 2.21. The maximum atomic E-state index is 13.3. The molecular weight excluding hydrogens is 474 g/mol. The zero-order valence-corrected chi connectivity index (χ0v) is 21.6. The minimum absolute atomic E-state index is 0.107. The summed E-state index contributed by atoms with van der Waals surface area (Å²) in [5, 5.41) is 5.56. The highest BCUT2D eigenvalue weighted by atomic mass is 16.6. The molecule has 37 heavy (non-hydrogen) atoms. The molecule has 0 spiro atoms. The number of carbonyl (C=O) groups is 4. The molecule has 0 saturated carbocycles. The second kappa shape index (κ2) is 12.9. The number of carbonyl (C=O) groups excluding carboxylic acids is 4. The van der Waals surface area contributed by atoms with Crippen LogP contribution in [-0.4, -0.2) is 60.1 Å². The van der Waals surface area contributed by atoms with Gasteiger partial charge in [-0.15, -0.1) is 0 Å². The van der Waals surface area contributed by atoms with E-state index in [9.17, 15) is 19.2 Å². The molecule has 1 aliphatic rings. The minimum Gasteiger partial charge on any atom is -0.467 e. The Labute approximate surface area is 217 Å². The van der Waals surface area contributed by atoms with Crippen LogP contribution in [0.15, 0.2) is 60.7 Å². The number of esters is 1. The molecule has 2 aromatic rings. The zero-order valence-electron chi connectivity index (χ0n) is 21.6. The van der Waals surface area contributed by atoms with E-state index < -0.39 is 41.5 Å². The van der Waals surface area contributed by atoms with E-state index in [1.54, 1.807) is 13.8 Å². The van der Waals surface area contributed by atoms with Gasteiger partial charge in [-0.1, -0.05) is 67.6 Å². The summed E-state index contributed by atoms with van der Waals surface area (Å²) in [6.45, 7) is 3.87. The monoisotopic (exact) mass is 509 g/mol. The lowest BCUT2D eigenvalue weighted by Gasteiger charge is -2.32. The van der Waals surface area contributed by atoms with Crippen molar-refractivity contribution in [3.05, 3.63) is 71.8 Å². The number of rotatable bonds is 10. The Morgan fingerprint density at radius 2 is 1.65 bits per heavy atom. The predicted molar refractivity (Wildman–Crippen MR) is 137 cm³/mol. The van der Waals surface area contributed by atoms with Gasteiger partial charge >= 0.3 is 12.1 Å². The SMILES string of the molecule is CC[C@](C)(NC(=O)[C@H]1CCCN1C(=O)OCc1ccccc1)C(=O)N[C@@H](Cc1ccccc1)C(=O)OC. The van der Waals surface area contributed by atoms with Crippen molar-refractivity contribution in [2.24, 2.45) is 0 Å². The average molecular weight is 510 g/mol. The van der Waals surface area contributed by atoms with Crippen LogP contribution in [0.3, 0.4) is 0 Å². The molecule has 1 heterocycles. The summed E-state index contributed by atoms with van der Waals surface area (Å²) in [5.74, 6) is -1.53. The first-order valence-corrected chi connectivity index (χ1v) is 12.5. The summed E-state index contributed by atoms with van der Waals surface area (Å²) in [6, 6.07) is 16.9. The Balaban J connectivity index is 1.64. The summed E-state index contributed by atoms with van der Waals surface area (Å²) < 4.78 is 10.3. The van der Waals surface area contributed by atoms with Crippen molar-refractivity contribution in [1.82, 2.24) is 15.5 Å². The molecule has 3 rings (SSSR count). The second-order valence-electron chi connectivity index (χ2n) is 9.31. The maximum Gasteiger partial charge on any atom is 0.410 e. The lowest BCUT2D eigenvalue weighted by atomic mass is 9.95. The van der Waals surface area contributed by atoms with Crippen molar-refractivity contribution in [2.45, 2.75) is 63.8 Å². The van der Waals surface area contributed by atoms with Crippen LogP contribution in [0.1, 0.15) is 44.2 Å². The molecule has 1 saturated heterocycles. The summed E-state index contributed by atoms with van der Waals surface area (Å²) in [7, 11) is 1.26. The first-order valence-electron chi connectivity index (χ1n) is 12.5. The molecule has 0 aromatic heterocycles. The molecular formula is C28H35N3O6. The third-order valence-electron chi connectivity index (χ3n) is 6.68. The molecule has 0 unspecified atom stereocenters. The zero-order chi connectivity index (χ0) is 26.8. The van der Waals surface area contributed by atoms with Crippen molar-refractivity contribution in [2.75, 3.05) is 13.7 Å². The Kier molecular flexibility index (Phi) is 9.65. The molecule has 0 aliphatic carbocycles. The van der Waals surface area contributed by atoms with E-state index in [0.29, 0.717) is 19.4 Å². The van der Waals surface area contributed by atoms with Crippen LogP contribution < -0.4 is 10.6 Å². The fourth-order valence-corrected chi connectivity index (χ4v) is 4.22. The highest BCUT2D eigenvalue weighted by Gasteiger charge is 2.41. The van der Waals surface area contributed by atoms with Gasteiger partial charge in [0.2, 0.25) is 11.8 Å². The molecule has 198 valence electrons. The van der Waals surface area contributed by atoms with E-state index in [2.05, 4.69) is 10.6 Å². The van der Waals surface area contributed by atoms with Gasteiger partial charge in [-0.05, 0) is 37.3 Å². The van der Waals surface area contributed by atoms with Crippen molar-refractivity contribution in [3.8, 4) is 0 Å². The van der Waals surface area contributed by atoms with E-state index >= 15 is 0 Å². The average Bonchev–Trinajstić information content (AvgIpc) is 3.42. The molecule has 9 heteroatoms. The number of amides is 3. The topological polar surface area (TPSA) is 114 Å². The van der Waals surface area contributed by atoms with Crippen LogP contribution in [-0.2, 0) is 36.9 Å². The number of ether oxygens (including phenoxy) is 2. The number of methoxy groups -OCH3 is 1. The first kappa shape index (κ1) is 27.7. The predicted octanol–water partition coefficient (Wildman–Crippen LogP) is 2.97. The minimum atomic E-state index is -1.30. The highest BCUT2D eigenvalue weighted by molar-refractivity contribution is 5.95. The number of hydrogen-bond donors (Lipinski definition) is 2. The van der Waals surface area contributed by atoms with E-state index in [-0.39, 0.29) is 19.4 Å². The number of likely N-dealkylation sites (tertiary alicyclic amines) is 1. The second-order valence-corrected chi connectivity index (χ2v) is 9.31. The Bertz CT molecular complexity index is 1080.